The number of aromatic nitrogens is 2. The Kier molecular flexibility index (Phi) is 6.13. The third-order valence-electron chi connectivity index (χ3n) is 4.31. The van der Waals surface area contributed by atoms with E-state index in [1.807, 2.05) is 18.2 Å². The molecule has 10 nitrogen and oxygen atoms in total. The zero-order chi connectivity index (χ0) is 21.9. The van der Waals surface area contributed by atoms with Gasteiger partial charge in [0.25, 0.3) is 0 Å². The standard InChI is InChI=1S/C19H20N4O6S/c1-13(2)22(12-18-20-21-19(29-18)14-7-5-4-6-8-14)30(26,27)15-9-10-17(28-3)16(11-15)23(24)25/h4-11,13H,12H2,1-3H3. The average Bonchev–Trinajstić information content (AvgIpc) is 3.20. The van der Waals surface area contributed by atoms with Crippen LogP contribution in [0.15, 0.2) is 57.8 Å². The normalized spacial score (nSPS) is 11.8. The summed E-state index contributed by atoms with van der Waals surface area (Å²) in [5, 5.41) is 19.2. The Balaban J connectivity index is 1.94. The molecule has 0 aliphatic heterocycles. The molecule has 0 saturated carbocycles. The summed E-state index contributed by atoms with van der Waals surface area (Å²) >= 11 is 0. The summed E-state index contributed by atoms with van der Waals surface area (Å²) in [6.07, 6.45) is 0. The second-order valence-corrected chi connectivity index (χ2v) is 8.49. The second-order valence-electron chi connectivity index (χ2n) is 6.60. The van der Waals surface area contributed by atoms with Crippen LogP contribution in [0, 0.1) is 10.1 Å². The van der Waals surface area contributed by atoms with Gasteiger partial charge in [-0.05, 0) is 38.1 Å². The number of nitrogens with zero attached hydrogens (tertiary/aromatic N) is 4. The second kappa shape index (κ2) is 8.59. The molecule has 0 amide bonds. The predicted molar refractivity (Wildman–Crippen MR) is 107 cm³/mol. The van der Waals surface area contributed by atoms with Crippen LogP contribution in [0.5, 0.6) is 5.75 Å². The first-order chi connectivity index (χ1) is 14.2. The highest BCUT2D eigenvalue weighted by molar-refractivity contribution is 7.89. The van der Waals surface area contributed by atoms with Crippen molar-refractivity contribution in [2.45, 2.75) is 31.3 Å². The molecule has 3 aromatic rings. The zero-order valence-electron chi connectivity index (χ0n) is 16.5. The van der Waals surface area contributed by atoms with E-state index in [0.29, 0.717) is 5.56 Å². The monoisotopic (exact) mass is 432 g/mol. The number of methoxy groups -OCH3 is 1. The van der Waals surface area contributed by atoms with Crippen LogP contribution < -0.4 is 4.74 Å². The molecule has 0 unspecified atom stereocenters. The predicted octanol–water partition coefficient (Wildman–Crippen LogP) is 3.25. The minimum atomic E-state index is -4.09. The van der Waals surface area contributed by atoms with E-state index in [4.69, 9.17) is 9.15 Å². The summed E-state index contributed by atoms with van der Waals surface area (Å²) in [5.74, 6) is 0.348. The van der Waals surface area contributed by atoms with Crippen LogP contribution in [0.4, 0.5) is 5.69 Å². The fraction of sp³-hybridized carbons (Fsp3) is 0.263. The number of nitro groups is 1. The van der Waals surface area contributed by atoms with E-state index >= 15 is 0 Å². The summed E-state index contributed by atoms with van der Waals surface area (Å²) in [6, 6.07) is 12.1. The number of sulfonamides is 1. The van der Waals surface area contributed by atoms with Crippen molar-refractivity contribution in [3.63, 3.8) is 0 Å². The van der Waals surface area contributed by atoms with Gasteiger partial charge in [-0.15, -0.1) is 10.2 Å². The molecule has 1 heterocycles. The number of ether oxygens (including phenoxy) is 1. The van der Waals surface area contributed by atoms with Gasteiger partial charge >= 0.3 is 5.69 Å². The van der Waals surface area contributed by atoms with Gasteiger partial charge in [0, 0.05) is 17.7 Å². The molecule has 0 fully saturated rings. The maximum absolute atomic E-state index is 13.2. The third kappa shape index (κ3) is 4.31. The molecule has 1 aromatic heterocycles. The van der Waals surface area contributed by atoms with Crippen molar-refractivity contribution in [2.24, 2.45) is 0 Å². The first-order valence-corrected chi connectivity index (χ1v) is 10.4. The van der Waals surface area contributed by atoms with E-state index in [1.54, 1.807) is 26.0 Å². The summed E-state index contributed by atoms with van der Waals surface area (Å²) in [5.41, 5.74) is 0.271. The lowest BCUT2D eigenvalue weighted by Gasteiger charge is -2.24. The number of hydrogen-bond acceptors (Lipinski definition) is 8. The van der Waals surface area contributed by atoms with Crippen LogP contribution >= 0.6 is 0 Å². The van der Waals surface area contributed by atoms with Crippen LogP contribution in [0.1, 0.15) is 19.7 Å². The molecule has 0 saturated heterocycles. The number of benzene rings is 2. The quantitative estimate of drug-likeness (QED) is 0.392. The maximum atomic E-state index is 13.2. The van der Waals surface area contributed by atoms with Crippen LogP contribution in [0.2, 0.25) is 0 Å². The number of nitro benzene ring substituents is 1. The Morgan fingerprint density at radius 2 is 1.87 bits per heavy atom. The first-order valence-electron chi connectivity index (χ1n) is 8.96. The van der Waals surface area contributed by atoms with E-state index in [1.165, 1.54) is 19.2 Å². The highest BCUT2D eigenvalue weighted by atomic mass is 32.2. The minimum absolute atomic E-state index is 0.0283. The SMILES string of the molecule is COc1ccc(S(=O)(=O)N(Cc2nnc(-c3ccccc3)o2)C(C)C)cc1[N+](=O)[O-]. The van der Waals surface area contributed by atoms with Gasteiger partial charge in [0.1, 0.15) is 0 Å². The smallest absolute Gasteiger partial charge is 0.312 e. The molecular weight excluding hydrogens is 412 g/mol. The van der Waals surface area contributed by atoms with Crippen molar-refractivity contribution in [3.8, 4) is 17.2 Å². The molecule has 11 heteroatoms. The molecule has 0 aliphatic rings. The lowest BCUT2D eigenvalue weighted by molar-refractivity contribution is -0.386. The molecule has 158 valence electrons. The van der Waals surface area contributed by atoms with Crippen molar-refractivity contribution in [1.82, 2.24) is 14.5 Å². The van der Waals surface area contributed by atoms with E-state index in [2.05, 4.69) is 10.2 Å². The Morgan fingerprint density at radius 3 is 2.47 bits per heavy atom. The first kappa shape index (κ1) is 21.4. The van der Waals surface area contributed by atoms with Crippen LogP contribution in [-0.4, -0.2) is 41.0 Å². The molecular formula is C19H20N4O6S. The number of hydrogen-bond donors (Lipinski definition) is 0. The molecule has 0 spiro atoms. The van der Waals surface area contributed by atoms with Gasteiger partial charge in [-0.2, -0.15) is 4.31 Å². The van der Waals surface area contributed by atoms with E-state index in [-0.39, 0.29) is 29.0 Å². The van der Waals surface area contributed by atoms with Gasteiger partial charge < -0.3 is 9.15 Å². The van der Waals surface area contributed by atoms with Crippen LogP contribution in [0.3, 0.4) is 0 Å². The van der Waals surface area contributed by atoms with Crippen LogP contribution in [-0.2, 0) is 16.6 Å². The third-order valence-corrected chi connectivity index (χ3v) is 6.33. The lowest BCUT2D eigenvalue weighted by atomic mass is 10.2. The van der Waals surface area contributed by atoms with Gasteiger partial charge in [-0.25, -0.2) is 8.42 Å². The summed E-state index contributed by atoms with van der Waals surface area (Å²) < 4.78 is 38.1. The molecule has 30 heavy (non-hydrogen) atoms. The molecule has 0 bridgehead atoms. The van der Waals surface area contributed by atoms with Crippen molar-refractivity contribution in [1.29, 1.82) is 0 Å². The Labute approximate surface area is 173 Å². The zero-order valence-corrected chi connectivity index (χ0v) is 17.4. The topological polar surface area (TPSA) is 129 Å². The number of rotatable bonds is 8. The van der Waals surface area contributed by atoms with Gasteiger partial charge in [-0.1, -0.05) is 18.2 Å². The molecule has 0 aliphatic carbocycles. The highest BCUT2D eigenvalue weighted by Crippen LogP contribution is 2.31. The van der Waals surface area contributed by atoms with Crippen molar-refractivity contribution < 1.29 is 22.5 Å². The summed E-state index contributed by atoms with van der Waals surface area (Å²) in [6.45, 7) is 3.19. The van der Waals surface area contributed by atoms with Crippen LogP contribution in [0.25, 0.3) is 11.5 Å². The van der Waals surface area contributed by atoms with Crippen molar-refractivity contribution in [2.75, 3.05) is 7.11 Å². The average molecular weight is 432 g/mol. The van der Waals surface area contributed by atoms with Gasteiger partial charge in [0.05, 0.1) is 23.5 Å². The van der Waals surface area contributed by atoms with Crippen molar-refractivity contribution >= 4 is 15.7 Å². The highest BCUT2D eigenvalue weighted by Gasteiger charge is 2.31. The van der Waals surface area contributed by atoms with Gasteiger partial charge in [0.15, 0.2) is 5.75 Å². The molecule has 3 rings (SSSR count). The van der Waals surface area contributed by atoms with Gasteiger partial charge in [-0.3, -0.25) is 10.1 Å². The Hall–Kier alpha value is -3.31. The molecule has 2 aromatic carbocycles. The molecule has 0 radical (unpaired) electrons. The fourth-order valence-corrected chi connectivity index (χ4v) is 4.41. The van der Waals surface area contributed by atoms with E-state index < -0.39 is 26.7 Å². The van der Waals surface area contributed by atoms with Crippen molar-refractivity contribution in [3.05, 3.63) is 64.5 Å². The minimum Gasteiger partial charge on any atom is -0.490 e. The maximum Gasteiger partial charge on any atom is 0.312 e. The van der Waals surface area contributed by atoms with Gasteiger partial charge in [0.2, 0.25) is 21.8 Å². The molecule has 0 atom stereocenters. The fourth-order valence-electron chi connectivity index (χ4n) is 2.80. The largest absolute Gasteiger partial charge is 0.490 e. The summed E-state index contributed by atoms with van der Waals surface area (Å²) in [4.78, 5) is 10.4. The Bertz CT molecular complexity index is 1140. The Morgan fingerprint density at radius 1 is 1.17 bits per heavy atom. The molecule has 0 N–H and O–H groups in total. The summed E-state index contributed by atoms with van der Waals surface area (Å²) in [7, 11) is -2.81. The van der Waals surface area contributed by atoms with E-state index in [0.717, 1.165) is 10.4 Å². The lowest BCUT2D eigenvalue weighted by Crippen LogP contribution is -2.36. The van der Waals surface area contributed by atoms with E-state index in [9.17, 15) is 18.5 Å².